The van der Waals surface area contributed by atoms with E-state index in [9.17, 15) is 13.2 Å². The van der Waals surface area contributed by atoms with Crippen LogP contribution in [0.25, 0.3) is 0 Å². The molecule has 0 heterocycles. The number of aliphatic imine (C=N–C) groups is 1. The highest BCUT2D eigenvalue weighted by atomic mass is 35.5. The van der Waals surface area contributed by atoms with Gasteiger partial charge >= 0.3 is 6.18 Å². The van der Waals surface area contributed by atoms with Crippen LogP contribution in [0, 0.1) is 0 Å². The molecule has 1 nitrogen and oxygen atoms in total. The molecule has 0 saturated heterocycles. The van der Waals surface area contributed by atoms with Crippen molar-refractivity contribution in [3.63, 3.8) is 0 Å². The van der Waals surface area contributed by atoms with Crippen LogP contribution < -0.4 is 0 Å². The lowest BCUT2D eigenvalue weighted by Crippen LogP contribution is -2.22. The van der Waals surface area contributed by atoms with Gasteiger partial charge in [0.15, 0.2) is 0 Å². The van der Waals surface area contributed by atoms with Crippen LogP contribution in [-0.2, 0) is 0 Å². The fraction of sp³-hybridized carbons (Fsp3) is 0.222. The SMILES string of the molecule is FC(F)(F)C(Cl)/N=C(\Cl)c1ccc(Cl)cc1. The molecular formula is C9H5Cl3F3N. The van der Waals surface area contributed by atoms with E-state index in [0.717, 1.165) is 0 Å². The Hall–Kier alpha value is -0.450. The van der Waals surface area contributed by atoms with Crippen LogP contribution in [0.3, 0.4) is 0 Å². The summed E-state index contributed by atoms with van der Waals surface area (Å²) in [7, 11) is 0. The summed E-state index contributed by atoms with van der Waals surface area (Å²) in [6.45, 7) is 0. The molecule has 0 bridgehead atoms. The molecule has 0 aromatic heterocycles. The van der Waals surface area contributed by atoms with Crippen molar-refractivity contribution < 1.29 is 13.2 Å². The Kier molecular flexibility index (Phi) is 4.47. The predicted octanol–water partition coefficient (Wildman–Crippen LogP) is 4.45. The lowest BCUT2D eigenvalue weighted by atomic mass is 10.2. The number of hydrogen-bond acceptors (Lipinski definition) is 1. The van der Waals surface area contributed by atoms with E-state index in [2.05, 4.69) is 4.99 Å². The van der Waals surface area contributed by atoms with E-state index in [4.69, 9.17) is 34.8 Å². The van der Waals surface area contributed by atoms with Crippen molar-refractivity contribution in [3.8, 4) is 0 Å². The van der Waals surface area contributed by atoms with Crippen LogP contribution >= 0.6 is 34.8 Å². The van der Waals surface area contributed by atoms with Gasteiger partial charge in [0.05, 0.1) is 0 Å². The minimum absolute atomic E-state index is 0.311. The fourth-order valence-electron chi connectivity index (χ4n) is 0.835. The molecule has 1 aromatic carbocycles. The monoisotopic (exact) mass is 289 g/mol. The summed E-state index contributed by atoms with van der Waals surface area (Å²) < 4.78 is 36.2. The van der Waals surface area contributed by atoms with Crippen LogP contribution in [-0.4, -0.2) is 16.8 Å². The maximum Gasteiger partial charge on any atom is 0.424 e. The van der Waals surface area contributed by atoms with Crippen LogP contribution in [0.4, 0.5) is 13.2 Å². The van der Waals surface area contributed by atoms with Crippen molar-refractivity contribution >= 4 is 40.0 Å². The summed E-state index contributed by atoms with van der Waals surface area (Å²) in [5.41, 5.74) is -2.03. The molecule has 88 valence electrons. The Morgan fingerprint density at radius 2 is 1.69 bits per heavy atom. The van der Waals surface area contributed by atoms with Gasteiger partial charge in [0.25, 0.3) is 0 Å². The number of alkyl halides is 4. The molecule has 16 heavy (non-hydrogen) atoms. The number of halogens is 6. The van der Waals surface area contributed by atoms with Gasteiger partial charge in [-0.1, -0.05) is 46.9 Å². The van der Waals surface area contributed by atoms with Crippen molar-refractivity contribution in [1.82, 2.24) is 0 Å². The zero-order valence-corrected chi connectivity index (χ0v) is 9.87. The van der Waals surface area contributed by atoms with Gasteiger partial charge in [-0.3, -0.25) is 0 Å². The molecule has 1 atom stereocenters. The lowest BCUT2D eigenvalue weighted by molar-refractivity contribution is -0.128. The van der Waals surface area contributed by atoms with E-state index in [-0.39, 0.29) is 5.17 Å². The molecular weight excluding hydrogens is 285 g/mol. The van der Waals surface area contributed by atoms with Crippen molar-refractivity contribution in [3.05, 3.63) is 34.9 Å². The third kappa shape index (κ3) is 3.85. The average Bonchev–Trinajstić information content (AvgIpc) is 2.17. The zero-order valence-electron chi connectivity index (χ0n) is 7.60. The number of benzene rings is 1. The Morgan fingerprint density at radius 1 is 1.19 bits per heavy atom. The molecule has 0 aliphatic heterocycles. The molecule has 0 N–H and O–H groups in total. The first-order valence-electron chi connectivity index (χ1n) is 4.00. The van der Waals surface area contributed by atoms with Gasteiger partial charge in [-0.25, -0.2) is 4.99 Å². The van der Waals surface area contributed by atoms with Crippen LogP contribution in [0.1, 0.15) is 5.56 Å². The standard InChI is InChI=1S/C9H5Cl3F3N/c10-6-3-1-5(2-4-6)7(11)16-8(12)9(13,14)15/h1-4,8H/b16-7-. The summed E-state index contributed by atoms with van der Waals surface area (Å²) >= 11 is 16.2. The van der Waals surface area contributed by atoms with E-state index in [0.29, 0.717) is 10.6 Å². The third-order valence-corrected chi connectivity index (χ3v) is 2.49. The minimum atomic E-state index is -4.62. The molecule has 1 rings (SSSR count). The zero-order chi connectivity index (χ0) is 12.3. The van der Waals surface area contributed by atoms with Crippen LogP contribution in [0.2, 0.25) is 5.02 Å². The maximum absolute atomic E-state index is 12.1. The molecule has 0 fully saturated rings. The van der Waals surface area contributed by atoms with Crippen molar-refractivity contribution in [2.75, 3.05) is 0 Å². The van der Waals surface area contributed by atoms with Gasteiger partial charge in [-0.05, 0) is 12.1 Å². The van der Waals surface area contributed by atoms with Gasteiger partial charge in [0, 0.05) is 10.6 Å². The third-order valence-electron chi connectivity index (χ3n) is 1.58. The highest BCUT2D eigenvalue weighted by Crippen LogP contribution is 2.27. The van der Waals surface area contributed by atoms with Crippen LogP contribution in [0.15, 0.2) is 29.3 Å². The number of nitrogens with zero attached hydrogens (tertiary/aromatic N) is 1. The molecule has 0 aliphatic rings. The minimum Gasteiger partial charge on any atom is -0.243 e. The second-order valence-electron chi connectivity index (χ2n) is 2.80. The van der Waals surface area contributed by atoms with Gasteiger partial charge in [-0.2, -0.15) is 13.2 Å². The molecule has 0 saturated carbocycles. The van der Waals surface area contributed by atoms with Gasteiger partial charge < -0.3 is 0 Å². The summed E-state index contributed by atoms with van der Waals surface area (Å²) in [6.07, 6.45) is -4.62. The van der Waals surface area contributed by atoms with E-state index >= 15 is 0 Å². The van der Waals surface area contributed by atoms with Crippen molar-refractivity contribution in [1.29, 1.82) is 0 Å². The molecule has 0 aliphatic carbocycles. The number of hydrogen-bond donors (Lipinski definition) is 0. The summed E-state index contributed by atoms with van der Waals surface area (Å²) in [6, 6.07) is 5.89. The van der Waals surface area contributed by atoms with Crippen molar-refractivity contribution in [2.24, 2.45) is 4.99 Å². The summed E-state index contributed by atoms with van der Waals surface area (Å²) in [5.74, 6) is 0. The maximum atomic E-state index is 12.1. The molecule has 1 unspecified atom stereocenters. The Morgan fingerprint density at radius 3 is 2.12 bits per heavy atom. The highest BCUT2D eigenvalue weighted by Gasteiger charge is 2.38. The molecule has 0 amide bonds. The normalized spacial score (nSPS) is 15.0. The van der Waals surface area contributed by atoms with Crippen molar-refractivity contribution in [2.45, 2.75) is 11.7 Å². The average molecular weight is 290 g/mol. The van der Waals surface area contributed by atoms with E-state index in [1.54, 1.807) is 0 Å². The highest BCUT2D eigenvalue weighted by molar-refractivity contribution is 6.69. The first kappa shape index (κ1) is 13.6. The summed E-state index contributed by atoms with van der Waals surface area (Å²) in [5, 5.41) is 0.139. The van der Waals surface area contributed by atoms with E-state index in [1.807, 2.05) is 0 Å². The Balaban J connectivity index is 2.89. The van der Waals surface area contributed by atoms with Gasteiger partial charge in [0.1, 0.15) is 5.17 Å². The second kappa shape index (κ2) is 5.25. The summed E-state index contributed by atoms with van der Waals surface area (Å²) in [4.78, 5) is 3.13. The molecule has 0 spiro atoms. The van der Waals surface area contributed by atoms with E-state index in [1.165, 1.54) is 24.3 Å². The van der Waals surface area contributed by atoms with Gasteiger partial charge in [0.2, 0.25) is 5.50 Å². The van der Waals surface area contributed by atoms with Crippen LogP contribution in [0.5, 0.6) is 0 Å². The fourth-order valence-corrected chi connectivity index (χ4v) is 1.33. The van der Waals surface area contributed by atoms with Gasteiger partial charge in [-0.15, -0.1) is 0 Å². The number of rotatable bonds is 2. The topological polar surface area (TPSA) is 12.4 Å². The second-order valence-corrected chi connectivity index (χ2v) is 4.01. The first-order valence-corrected chi connectivity index (χ1v) is 5.20. The molecule has 1 aromatic rings. The first-order chi connectivity index (χ1) is 7.30. The molecule has 7 heteroatoms. The smallest absolute Gasteiger partial charge is 0.243 e. The Labute approximate surface area is 105 Å². The lowest BCUT2D eigenvalue weighted by Gasteiger charge is -2.09. The Bertz CT molecular complexity index is 386. The van der Waals surface area contributed by atoms with E-state index < -0.39 is 11.7 Å². The predicted molar refractivity (Wildman–Crippen MR) is 59.5 cm³/mol. The quantitative estimate of drug-likeness (QED) is 0.433. The molecule has 0 radical (unpaired) electrons. The largest absolute Gasteiger partial charge is 0.424 e.